The molecule has 2 rings (SSSR count). The van der Waals surface area contributed by atoms with Crippen LogP contribution in [0.25, 0.3) is 5.69 Å². The number of hydrogen-bond donors (Lipinski definition) is 0. The molecule has 2 aromatic rings. The molecule has 1 heterocycles. The smallest absolute Gasteiger partial charge is 0.186 e. The predicted octanol–water partition coefficient (Wildman–Crippen LogP) is 2.35. The molecule has 0 unspecified atom stereocenters. The topological polar surface area (TPSA) is 63.7 Å². The normalized spacial score (nSPS) is 10.5. The second-order valence-corrected chi connectivity index (χ2v) is 4.70. The Balaban J connectivity index is 2.43. The van der Waals surface area contributed by atoms with Gasteiger partial charge in [-0.15, -0.1) is 5.10 Å². The standard InChI is InChI=1S/C14H16N4O/c1-10(2)8-14-13(9-15)16-17-18(14)11-4-6-12(19-3)7-5-11/h4-7,10H,8H2,1-3H3. The van der Waals surface area contributed by atoms with E-state index in [0.29, 0.717) is 11.6 Å². The number of benzene rings is 1. The minimum absolute atomic E-state index is 0.393. The van der Waals surface area contributed by atoms with Gasteiger partial charge in [0.1, 0.15) is 11.8 Å². The average Bonchev–Trinajstić information content (AvgIpc) is 2.81. The summed E-state index contributed by atoms with van der Waals surface area (Å²) in [6, 6.07) is 9.62. The maximum Gasteiger partial charge on any atom is 0.186 e. The molecule has 0 aliphatic rings. The second-order valence-electron chi connectivity index (χ2n) is 4.70. The van der Waals surface area contributed by atoms with Crippen LogP contribution >= 0.6 is 0 Å². The van der Waals surface area contributed by atoms with Crippen molar-refractivity contribution in [1.82, 2.24) is 15.0 Å². The first kappa shape index (κ1) is 13.1. The van der Waals surface area contributed by atoms with Crippen LogP contribution in [0.1, 0.15) is 25.2 Å². The molecule has 0 amide bonds. The zero-order valence-electron chi connectivity index (χ0n) is 11.3. The molecule has 0 atom stereocenters. The van der Waals surface area contributed by atoms with E-state index in [4.69, 9.17) is 10.00 Å². The van der Waals surface area contributed by atoms with Gasteiger partial charge in [-0.1, -0.05) is 19.1 Å². The lowest BCUT2D eigenvalue weighted by molar-refractivity contribution is 0.414. The van der Waals surface area contributed by atoms with Crippen molar-refractivity contribution in [2.24, 2.45) is 5.92 Å². The SMILES string of the molecule is COc1ccc(-n2nnc(C#N)c2CC(C)C)cc1. The fraction of sp³-hybridized carbons (Fsp3) is 0.357. The third-order valence-corrected chi connectivity index (χ3v) is 2.79. The van der Waals surface area contributed by atoms with Crippen molar-refractivity contribution in [3.05, 3.63) is 35.7 Å². The van der Waals surface area contributed by atoms with Crippen molar-refractivity contribution in [3.63, 3.8) is 0 Å². The third kappa shape index (κ3) is 2.74. The highest BCUT2D eigenvalue weighted by Crippen LogP contribution is 2.19. The summed E-state index contributed by atoms with van der Waals surface area (Å²) >= 11 is 0. The minimum Gasteiger partial charge on any atom is -0.497 e. The third-order valence-electron chi connectivity index (χ3n) is 2.79. The Hall–Kier alpha value is -2.35. The maximum absolute atomic E-state index is 9.09. The van der Waals surface area contributed by atoms with Gasteiger partial charge in [0.25, 0.3) is 0 Å². The van der Waals surface area contributed by atoms with Crippen LogP contribution in [0.4, 0.5) is 0 Å². The van der Waals surface area contributed by atoms with Crippen molar-refractivity contribution in [2.75, 3.05) is 7.11 Å². The van der Waals surface area contributed by atoms with Crippen LogP contribution in [0.15, 0.2) is 24.3 Å². The van der Waals surface area contributed by atoms with Gasteiger partial charge in [0, 0.05) is 0 Å². The van der Waals surface area contributed by atoms with E-state index in [2.05, 4.69) is 30.2 Å². The summed E-state index contributed by atoms with van der Waals surface area (Å²) in [7, 11) is 1.63. The number of rotatable bonds is 4. The van der Waals surface area contributed by atoms with Gasteiger partial charge in [-0.25, -0.2) is 4.68 Å². The van der Waals surface area contributed by atoms with Crippen molar-refractivity contribution < 1.29 is 4.74 Å². The van der Waals surface area contributed by atoms with Crippen molar-refractivity contribution in [2.45, 2.75) is 20.3 Å². The van der Waals surface area contributed by atoms with Crippen molar-refractivity contribution in [1.29, 1.82) is 5.26 Å². The van der Waals surface area contributed by atoms with Gasteiger partial charge in [0.2, 0.25) is 0 Å². The summed E-state index contributed by atoms with van der Waals surface area (Å²) < 4.78 is 6.85. The predicted molar refractivity (Wildman–Crippen MR) is 71.2 cm³/mol. The van der Waals surface area contributed by atoms with E-state index in [1.165, 1.54) is 0 Å². The van der Waals surface area contributed by atoms with Crippen LogP contribution in [0.5, 0.6) is 5.75 Å². The fourth-order valence-electron chi connectivity index (χ4n) is 1.89. The Bertz CT molecular complexity index is 593. The molecule has 0 fully saturated rings. The summed E-state index contributed by atoms with van der Waals surface area (Å²) in [6.07, 6.45) is 0.766. The van der Waals surface area contributed by atoms with Crippen LogP contribution in [0.2, 0.25) is 0 Å². The summed E-state index contributed by atoms with van der Waals surface area (Å²) in [5, 5.41) is 17.1. The zero-order valence-corrected chi connectivity index (χ0v) is 11.3. The van der Waals surface area contributed by atoms with Gasteiger partial charge in [-0.05, 0) is 36.6 Å². The van der Waals surface area contributed by atoms with Crippen LogP contribution in [-0.4, -0.2) is 22.1 Å². The molecule has 0 spiro atoms. The first-order chi connectivity index (χ1) is 9.15. The molecule has 5 nitrogen and oxygen atoms in total. The van der Waals surface area contributed by atoms with Crippen molar-refractivity contribution >= 4 is 0 Å². The number of nitriles is 1. The molecule has 0 aliphatic carbocycles. The maximum atomic E-state index is 9.09. The minimum atomic E-state index is 0.393. The molecule has 19 heavy (non-hydrogen) atoms. The Morgan fingerprint density at radius 2 is 2.00 bits per heavy atom. The van der Waals surface area contributed by atoms with Crippen molar-refractivity contribution in [3.8, 4) is 17.5 Å². The quantitative estimate of drug-likeness (QED) is 0.842. The van der Waals surface area contributed by atoms with E-state index >= 15 is 0 Å². The molecular weight excluding hydrogens is 240 g/mol. The highest BCUT2D eigenvalue weighted by molar-refractivity contribution is 5.40. The molecule has 1 aromatic carbocycles. The largest absolute Gasteiger partial charge is 0.497 e. The lowest BCUT2D eigenvalue weighted by atomic mass is 10.1. The molecule has 0 bridgehead atoms. The summed E-state index contributed by atoms with van der Waals surface area (Å²) in [5.74, 6) is 1.22. The molecule has 98 valence electrons. The number of hydrogen-bond acceptors (Lipinski definition) is 4. The van der Waals surface area contributed by atoms with Gasteiger partial charge < -0.3 is 4.74 Å². The van der Waals surface area contributed by atoms with Gasteiger partial charge in [-0.3, -0.25) is 0 Å². The summed E-state index contributed by atoms with van der Waals surface area (Å²) in [6.45, 7) is 4.21. The molecule has 1 aromatic heterocycles. The lowest BCUT2D eigenvalue weighted by Crippen LogP contribution is -2.06. The fourth-order valence-corrected chi connectivity index (χ4v) is 1.89. The Morgan fingerprint density at radius 3 is 2.53 bits per heavy atom. The van der Waals surface area contributed by atoms with Gasteiger partial charge in [-0.2, -0.15) is 5.26 Å². The molecule has 0 N–H and O–H groups in total. The van der Waals surface area contributed by atoms with Gasteiger partial charge in [0.15, 0.2) is 5.69 Å². The number of methoxy groups -OCH3 is 1. The highest BCUT2D eigenvalue weighted by Gasteiger charge is 2.15. The molecular formula is C14H16N4O. The molecule has 0 radical (unpaired) electrons. The van der Waals surface area contributed by atoms with Gasteiger partial charge in [0.05, 0.1) is 18.5 Å². The molecule has 0 saturated heterocycles. The summed E-state index contributed by atoms with van der Waals surface area (Å²) in [4.78, 5) is 0. The van der Waals surface area contributed by atoms with Crippen LogP contribution < -0.4 is 4.74 Å². The zero-order chi connectivity index (χ0) is 13.8. The molecule has 0 aliphatic heterocycles. The average molecular weight is 256 g/mol. The highest BCUT2D eigenvalue weighted by atomic mass is 16.5. The van der Waals surface area contributed by atoms with E-state index < -0.39 is 0 Å². The second kappa shape index (κ2) is 5.53. The Kier molecular flexibility index (Phi) is 3.81. The number of nitrogens with zero attached hydrogens (tertiary/aromatic N) is 4. The lowest BCUT2D eigenvalue weighted by Gasteiger charge is -2.09. The molecule has 0 saturated carbocycles. The summed E-state index contributed by atoms with van der Waals surface area (Å²) in [5.41, 5.74) is 2.12. The van der Waals surface area contributed by atoms with Crippen LogP contribution in [0, 0.1) is 17.2 Å². The van der Waals surface area contributed by atoms with Crippen LogP contribution in [0.3, 0.4) is 0 Å². The van der Waals surface area contributed by atoms with E-state index in [9.17, 15) is 0 Å². The first-order valence-electron chi connectivity index (χ1n) is 6.14. The number of aromatic nitrogens is 3. The number of ether oxygens (including phenoxy) is 1. The Morgan fingerprint density at radius 1 is 1.32 bits per heavy atom. The van der Waals surface area contributed by atoms with E-state index in [1.54, 1.807) is 11.8 Å². The van der Waals surface area contributed by atoms with Gasteiger partial charge >= 0.3 is 0 Å². The van der Waals surface area contributed by atoms with E-state index in [-0.39, 0.29) is 0 Å². The first-order valence-corrected chi connectivity index (χ1v) is 6.14. The van der Waals surface area contributed by atoms with E-state index in [1.807, 2.05) is 24.3 Å². The van der Waals surface area contributed by atoms with Crippen LogP contribution in [-0.2, 0) is 6.42 Å². The monoisotopic (exact) mass is 256 g/mol. The Labute approximate surface area is 112 Å². The molecule has 5 heteroatoms. The van der Waals surface area contributed by atoms with E-state index in [0.717, 1.165) is 23.6 Å².